The highest BCUT2D eigenvalue weighted by Gasteiger charge is 2.19. The van der Waals surface area contributed by atoms with Gasteiger partial charge in [-0.25, -0.2) is 4.98 Å². The van der Waals surface area contributed by atoms with Gasteiger partial charge in [0.2, 0.25) is 0 Å². The van der Waals surface area contributed by atoms with Crippen molar-refractivity contribution in [2.75, 3.05) is 26.3 Å². The van der Waals surface area contributed by atoms with Crippen molar-refractivity contribution < 1.29 is 14.3 Å². The number of halogens is 2. The van der Waals surface area contributed by atoms with Crippen LogP contribution in [-0.2, 0) is 0 Å². The summed E-state index contributed by atoms with van der Waals surface area (Å²) in [6.45, 7) is 3.03. The lowest BCUT2D eigenvalue weighted by molar-refractivity contribution is 0.0925. The molecule has 2 N–H and O–H groups in total. The van der Waals surface area contributed by atoms with Crippen LogP contribution >= 0.6 is 36.2 Å². The predicted octanol–water partition coefficient (Wildman–Crippen LogP) is 2.91. The monoisotopic (exact) mass is 417 g/mol. The number of benzene rings is 1. The summed E-state index contributed by atoms with van der Waals surface area (Å²) >= 11 is 1.46. The van der Waals surface area contributed by atoms with E-state index in [-0.39, 0.29) is 36.8 Å². The molecule has 0 bridgehead atoms. The number of fused-ring (bicyclic) bond motifs is 1. The zero-order valence-corrected chi connectivity index (χ0v) is 16.5. The Kier molecular flexibility index (Phi) is 7.52. The molecule has 0 unspecified atom stereocenters. The van der Waals surface area contributed by atoms with Crippen LogP contribution in [0.4, 0.5) is 0 Å². The molecule has 0 aliphatic carbocycles. The number of hydrogen-bond donors (Lipinski definition) is 2. The summed E-state index contributed by atoms with van der Waals surface area (Å²) < 4.78 is 11.1. The van der Waals surface area contributed by atoms with Crippen LogP contribution in [0.1, 0.15) is 23.3 Å². The van der Waals surface area contributed by atoms with Crippen molar-refractivity contribution in [3.05, 3.63) is 29.3 Å². The second kappa shape index (κ2) is 9.41. The van der Waals surface area contributed by atoms with Crippen molar-refractivity contribution in [3.8, 4) is 22.1 Å². The summed E-state index contributed by atoms with van der Waals surface area (Å²) in [6, 6.07) is 5.99. The molecule has 26 heavy (non-hydrogen) atoms. The normalized spacial score (nSPS) is 16.2. The van der Waals surface area contributed by atoms with Crippen molar-refractivity contribution in [3.63, 3.8) is 0 Å². The fourth-order valence-corrected chi connectivity index (χ4v) is 3.71. The number of carbonyl (C=O) groups is 1. The fraction of sp³-hybridized carbons (Fsp3) is 0.412. The molecule has 6 nitrogen and oxygen atoms in total. The standard InChI is InChI=1S/C17H19N3O3S.2ClH/c21-16(19-12-3-5-18-6-4-12)13-10-24-17(20-13)11-1-2-14-15(9-11)23-8-7-22-14;;/h1-2,9-10,12,18H,3-8H2,(H,19,21);2*1H. The third kappa shape index (κ3) is 4.59. The molecule has 2 aliphatic heterocycles. The minimum absolute atomic E-state index is 0. The molecule has 0 spiro atoms. The zero-order chi connectivity index (χ0) is 16.4. The average molecular weight is 418 g/mol. The lowest BCUT2D eigenvalue weighted by Crippen LogP contribution is -2.42. The first-order valence-electron chi connectivity index (χ1n) is 8.17. The van der Waals surface area contributed by atoms with Crippen molar-refractivity contribution in [1.29, 1.82) is 0 Å². The molecule has 1 aromatic heterocycles. The number of rotatable bonds is 3. The Morgan fingerprint density at radius 1 is 1.15 bits per heavy atom. The first-order chi connectivity index (χ1) is 11.8. The summed E-state index contributed by atoms with van der Waals surface area (Å²) in [7, 11) is 0. The van der Waals surface area contributed by atoms with Gasteiger partial charge in [0.1, 0.15) is 23.9 Å². The highest BCUT2D eigenvalue weighted by molar-refractivity contribution is 7.13. The molecule has 9 heteroatoms. The average Bonchev–Trinajstić information content (AvgIpc) is 3.12. The lowest BCUT2D eigenvalue weighted by Gasteiger charge is -2.23. The number of ether oxygens (including phenoxy) is 2. The van der Waals surface area contributed by atoms with E-state index >= 15 is 0 Å². The van der Waals surface area contributed by atoms with Gasteiger partial charge in [-0.3, -0.25) is 4.79 Å². The van der Waals surface area contributed by atoms with Crippen molar-refractivity contribution in [1.82, 2.24) is 15.6 Å². The number of thiazole rings is 1. The number of hydrogen-bond acceptors (Lipinski definition) is 6. The maximum Gasteiger partial charge on any atom is 0.270 e. The Hall–Kier alpha value is -1.54. The first kappa shape index (κ1) is 20.8. The predicted molar refractivity (Wildman–Crippen MR) is 106 cm³/mol. The number of nitrogens with one attached hydrogen (secondary N) is 2. The number of nitrogens with zero attached hydrogens (tertiary/aromatic N) is 1. The van der Waals surface area contributed by atoms with Gasteiger partial charge >= 0.3 is 0 Å². The van der Waals surface area contributed by atoms with Crippen molar-refractivity contribution >= 4 is 42.1 Å². The van der Waals surface area contributed by atoms with E-state index in [4.69, 9.17) is 9.47 Å². The molecular formula is C17H21Cl2N3O3S. The van der Waals surface area contributed by atoms with Crippen LogP contribution < -0.4 is 20.1 Å². The van der Waals surface area contributed by atoms with E-state index < -0.39 is 0 Å². The molecule has 1 saturated heterocycles. The highest BCUT2D eigenvalue weighted by atomic mass is 35.5. The van der Waals surface area contributed by atoms with Gasteiger partial charge < -0.3 is 20.1 Å². The van der Waals surface area contributed by atoms with E-state index in [0.717, 1.165) is 48.0 Å². The minimum atomic E-state index is -0.0954. The molecule has 1 fully saturated rings. The van der Waals surface area contributed by atoms with Gasteiger partial charge in [-0.2, -0.15) is 0 Å². The van der Waals surface area contributed by atoms with Gasteiger partial charge in [-0.05, 0) is 44.1 Å². The third-order valence-electron chi connectivity index (χ3n) is 4.20. The van der Waals surface area contributed by atoms with Gasteiger partial charge in [-0.15, -0.1) is 36.2 Å². The molecule has 1 aromatic carbocycles. The summed E-state index contributed by atoms with van der Waals surface area (Å²) in [4.78, 5) is 16.8. The molecule has 2 aromatic rings. The molecule has 2 aliphatic rings. The van der Waals surface area contributed by atoms with E-state index in [2.05, 4.69) is 15.6 Å². The van der Waals surface area contributed by atoms with Gasteiger partial charge in [0, 0.05) is 17.0 Å². The Balaban J connectivity index is 0.00000121. The van der Waals surface area contributed by atoms with Gasteiger partial charge in [0.05, 0.1) is 0 Å². The fourth-order valence-electron chi connectivity index (χ4n) is 2.91. The zero-order valence-electron chi connectivity index (χ0n) is 14.0. The van der Waals surface area contributed by atoms with Crippen LogP contribution in [0.3, 0.4) is 0 Å². The van der Waals surface area contributed by atoms with E-state index in [1.807, 2.05) is 23.6 Å². The third-order valence-corrected chi connectivity index (χ3v) is 5.09. The van der Waals surface area contributed by atoms with Gasteiger partial charge in [-0.1, -0.05) is 0 Å². The van der Waals surface area contributed by atoms with Crippen molar-refractivity contribution in [2.45, 2.75) is 18.9 Å². The molecule has 142 valence electrons. The Labute approximate surface area is 168 Å². The summed E-state index contributed by atoms with van der Waals surface area (Å²) in [5, 5.41) is 8.98. The molecule has 0 atom stereocenters. The Morgan fingerprint density at radius 2 is 1.88 bits per heavy atom. The maximum absolute atomic E-state index is 12.4. The van der Waals surface area contributed by atoms with E-state index in [9.17, 15) is 4.79 Å². The summed E-state index contributed by atoms with van der Waals surface area (Å²) in [5.41, 5.74) is 1.41. The van der Waals surface area contributed by atoms with Crippen molar-refractivity contribution in [2.24, 2.45) is 0 Å². The first-order valence-corrected chi connectivity index (χ1v) is 9.05. The quantitative estimate of drug-likeness (QED) is 0.802. The summed E-state index contributed by atoms with van der Waals surface area (Å²) in [6.07, 6.45) is 1.93. The van der Waals surface area contributed by atoms with Crippen LogP contribution in [0.25, 0.3) is 10.6 Å². The van der Waals surface area contributed by atoms with Crippen LogP contribution in [0.15, 0.2) is 23.6 Å². The van der Waals surface area contributed by atoms with Crippen LogP contribution in [-0.4, -0.2) is 43.2 Å². The second-order valence-electron chi connectivity index (χ2n) is 5.89. The lowest BCUT2D eigenvalue weighted by atomic mass is 10.1. The molecule has 0 radical (unpaired) electrons. The largest absolute Gasteiger partial charge is 0.486 e. The number of carbonyl (C=O) groups excluding carboxylic acids is 1. The Bertz CT molecular complexity index is 751. The molecule has 4 rings (SSSR count). The van der Waals surface area contributed by atoms with E-state index in [1.165, 1.54) is 11.3 Å². The van der Waals surface area contributed by atoms with E-state index in [0.29, 0.717) is 18.9 Å². The topological polar surface area (TPSA) is 72.5 Å². The molecule has 3 heterocycles. The van der Waals surface area contributed by atoms with Crippen LogP contribution in [0, 0.1) is 0 Å². The summed E-state index contributed by atoms with van der Waals surface area (Å²) in [5.74, 6) is 1.39. The number of amides is 1. The number of aromatic nitrogens is 1. The van der Waals surface area contributed by atoms with Crippen LogP contribution in [0.5, 0.6) is 11.5 Å². The minimum Gasteiger partial charge on any atom is -0.486 e. The second-order valence-corrected chi connectivity index (χ2v) is 6.75. The highest BCUT2D eigenvalue weighted by Crippen LogP contribution is 2.35. The van der Waals surface area contributed by atoms with Crippen LogP contribution in [0.2, 0.25) is 0 Å². The SMILES string of the molecule is Cl.Cl.O=C(NC1CCNCC1)c1csc(-c2ccc3c(c2)OCCO3)n1. The number of piperidine rings is 1. The van der Waals surface area contributed by atoms with E-state index in [1.54, 1.807) is 0 Å². The molecular weight excluding hydrogens is 397 g/mol. The van der Waals surface area contributed by atoms with Gasteiger partial charge in [0.15, 0.2) is 11.5 Å². The molecule has 1 amide bonds. The van der Waals surface area contributed by atoms with Gasteiger partial charge in [0.25, 0.3) is 5.91 Å². The Morgan fingerprint density at radius 3 is 2.65 bits per heavy atom. The smallest absolute Gasteiger partial charge is 0.270 e. The maximum atomic E-state index is 12.4. The molecule has 0 saturated carbocycles.